The van der Waals surface area contributed by atoms with Crippen LogP contribution in [0.5, 0.6) is 0 Å². The van der Waals surface area contributed by atoms with Gasteiger partial charge in [-0.1, -0.05) is 23.7 Å². The number of hydrogen-bond donors (Lipinski definition) is 0. The van der Waals surface area contributed by atoms with Crippen LogP contribution in [0.3, 0.4) is 0 Å². The van der Waals surface area contributed by atoms with E-state index in [1.165, 1.54) is 0 Å². The lowest BCUT2D eigenvalue weighted by atomic mass is 9.94. The van der Waals surface area contributed by atoms with Crippen LogP contribution in [0.1, 0.15) is 40.2 Å². The lowest BCUT2D eigenvalue weighted by molar-refractivity contribution is 0.0425. The van der Waals surface area contributed by atoms with Crippen LogP contribution in [0.4, 0.5) is 0 Å². The van der Waals surface area contributed by atoms with E-state index in [2.05, 4.69) is 4.98 Å². The molecule has 20 heavy (non-hydrogen) atoms. The van der Waals surface area contributed by atoms with Crippen LogP contribution >= 0.6 is 11.6 Å². The molecule has 1 unspecified atom stereocenters. The number of rotatable bonds is 2. The first-order valence-electron chi connectivity index (χ1n) is 6.56. The highest BCUT2D eigenvalue weighted by Gasteiger charge is 2.36. The average Bonchev–Trinajstić information content (AvgIpc) is 2.70. The van der Waals surface area contributed by atoms with Crippen molar-refractivity contribution in [1.29, 1.82) is 0 Å². The van der Waals surface area contributed by atoms with E-state index in [0.29, 0.717) is 22.4 Å². The van der Waals surface area contributed by atoms with Crippen molar-refractivity contribution in [2.75, 3.05) is 6.54 Å². The molecular weight excluding hydrogens is 276 g/mol. The highest BCUT2D eigenvalue weighted by Crippen LogP contribution is 2.35. The van der Waals surface area contributed by atoms with Crippen LogP contribution in [0, 0.1) is 13.8 Å². The largest absolute Gasteiger partial charge is 0.436 e. The monoisotopic (exact) mass is 290 g/mol. The topological polar surface area (TPSA) is 46.3 Å². The minimum absolute atomic E-state index is 0.0886. The summed E-state index contributed by atoms with van der Waals surface area (Å²) < 4.78 is 5.41. The van der Waals surface area contributed by atoms with Crippen molar-refractivity contribution in [2.45, 2.75) is 26.3 Å². The van der Waals surface area contributed by atoms with Crippen molar-refractivity contribution in [3.63, 3.8) is 0 Å². The van der Waals surface area contributed by atoms with Gasteiger partial charge in [0.25, 0.3) is 5.91 Å². The van der Waals surface area contributed by atoms with Gasteiger partial charge in [0.1, 0.15) is 0 Å². The molecule has 1 aromatic carbocycles. The summed E-state index contributed by atoms with van der Waals surface area (Å²) >= 11 is 5.89. The van der Waals surface area contributed by atoms with E-state index in [9.17, 15) is 4.79 Å². The molecule has 1 atom stereocenters. The third-order valence-electron chi connectivity index (χ3n) is 3.63. The molecule has 1 fully saturated rings. The molecule has 0 saturated carbocycles. The summed E-state index contributed by atoms with van der Waals surface area (Å²) in [6.45, 7) is 4.28. The summed E-state index contributed by atoms with van der Waals surface area (Å²) in [4.78, 5) is 18.4. The maximum atomic E-state index is 12.5. The van der Waals surface area contributed by atoms with Gasteiger partial charge in [-0.2, -0.15) is 0 Å². The first-order valence-corrected chi connectivity index (χ1v) is 6.94. The summed E-state index contributed by atoms with van der Waals surface area (Å²) in [7, 11) is 0. The lowest BCUT2D eigenvalue weighted by Crippen LogP contribution is -2.45. The van der Waals surface area contributed by atoms with Gasteiger partial charge in [-0.3, -0.25) is 4.79 Å². The molecule has 0 radical (unpaired) electrons. The highest BCUT2D eigenvalue weighted by molar-refractivity contribution is 6.30. The first kappa shape index (κ1) is 13.2. The van der Waals surface area contributed by atoms with E-state index in [0.717, 1.165) is 18.5 Å². The van der Waals surface area contributed by atoms with Crippen LogP contribution in [0.15, 0.2) is 28.7 Å². The number of carbonyl (C=O) groups excluding carboxylic acids is 1. The third kappa shape index (κ3) is 2.20. The maximum absolute atomic E-state index is 12.5. The molecule has 5 heteroatoms. The van der Waals surface area contributed by atoms with Crippen LogP contribution in [0.25, 0.3) is 0 Å². The van der Waals surface area contributed by atoms with Gasteiger partial charge in [0.05, 0.1) is 11.7 Å². The van der Waals surface area contributed by atoms with Gasteiger partial charge in [0.15, 0.2) is 5.89 Å². The van der Waals surface area contributed by atoms with Crippen molar-refractivity contribution in [2.24, 2.45) is 0 Å². The van der Waals surface area contributed by atoms with E-state index < -0.39 is 0 Å². The second-order valence-electron chi connectivity index (χ2n) is 5.00. The molecule has 1 aliphatic rings. The highest BCUT2D eigenvalue weighted by atomic mass is 35.5. The number of likely N-dealkylation sites (tertiary alicyclic amines) is 1. The molecule has 0 aliphatic carbocycles. The van der Waals surface area contributed by atoms with E-state index in [1.54, 1.807) is 13.8 Å². The Morgan fingerprint density at radius 3 is 2.55 bits per heavy atom. The quantitative estimate of drug-likeness (QED) is 0.850. The van der Waals surface area contributed by atoms with Crippen LogP contribution < -0.4 is 0 Å². The van der Waals surface area contributed by atoms with Gasteiger partial charge >= 0.3 is 0 Å². The second-order valence-corrected chi connectivity index (χ2v) is 5.44. The third-order valence-corrected chi connectivity index (χ3v) is 3.89. The fourth-order valence-corrected chi connectivity index (χ4v) is 2.65. The number of hydrogen-bond acceptors (Lipinski definition) is 3. The summed E-state index contributed by atoms with van der Waals surface area (Å²) in [5.41, 5.74) is 1.75. The van der Waals surface area contributed by atoms with Gasteiger partial charge < -0.3 is 9.32 Å². The molecule has 1 saturated heterocycles. The number of carbonyl (C=O) groups is 1. The van der Waals surface area contributed by atoms with E-state index in [4.69, 9.17) is 16.0 Å². The molecule has 2 heterocycles. The predicted octanol–water partition coefficient (Wildman–Crippen LogP) is 3.53. The molecule has 0 bridgehead atoms. The van der Waals surface area contributed by atoms with Gasteiger partial charge in [0, 0.05) is 18.5 Å². The molecule has 104 valence electrons. The van der Waals surface area contributed by atoms with E-state index in [-0.39, 0.29) is 11.9 Å². The number of amides is 1. The fourth-order valence-electron chi connectivity index (χ4n) is 2.52. The van der Waals surface area contributed by atoms with E-state index >= 15 is 0 Å². The molecule has 4 nitrogen and oxygen atoms in total. The molecule has 1 aliphatic heterocycles. The summed E-state index contributed by atoms with van der Waals surface area (Å²) in [5, 5.41) is 0.702. The zero-order valence-electron chi connectivity index (χ0n) is 11.4. The average molecular weight is 291 g/mol. The van der Waals surface area contributed by atoms with E-state index in [1.807, 2.05) is 29.2 Å². The van der Waals surface area contributed by atoms with Crippen LogP contribution in [0.2, 0.25) is 5.02 Å². The molecule has 1 aromatic heterocycles. The molecular formula is C15H15ClN2O2. The maximum Gasteiger partial charge on any atom is 0.292 e. The van der Waals surface area contributed by atoms with Gasteiger partial charge in [-0.05, 0) is 31.0 Å². The van der Waals surface area contributed by atoms with Crippen molar-refractivity contribution in [3.8, 4) is 0 Å². The number of aryl methyl sites for hydroxylation is 2. The Balaban J connectivity index is 1.83. The van der Waals surface area contributed by atoms with Gasteiger partial charge in [-0.15, -0.1) is 0 Å². The van der Waals surface area contributed by atoms with Crippen molar-refractivity contribution in [1.82, 2.24) is 9.88 Å². The minimum Gasteiger partial charge on any atom is -0.436 e. The van der Waals surface area contributed by atoms with Gasteiger partial charge in [0.2, 0.25) is 5.76 Å². The van der Waals surface area contributed by atoms with Gasteiger partial charge in [-0.25, -0.2) is 4.98 Å². The Bertz CT molecular complexity index is 648. The Labute approximate surface area is 122 Å². The van der Waals surface area contributed by atoms with Crippen molar-refractivity contribution < 1.29 is 9.21 Å². The lowest BCUT2D eigenvalue weighted by Gasteiger charge is -2.40. The molecule has 1 amide bonds. The second kappa shape index (κ2) is 4.94. The first-order chi connectivity index (χ1) is 9.56. The number of oxazole rings is 1. The number of benzene rings is 1. The Morgan fingerprint density at radius 2 is 2.05 bits per heavy atom. The molecule has 2 aromatic rings. The smallest absolute Gasteiger partial charge is 0.292 e. The Kier molecular flexibility index (Phi) is 3.26. The Morgan fingerprint density at radius 1 is 1.35 bits per heavy atom. The fraction of sp³-hybridized carbons (Fsp3) is 0.333. The molecule has 0 N–H and O–H groups in total. The van der Waals surface area contributed by atoms with Crippen LogP contribution in [-0.2, 0) is 0 Å². The van der Waals surface area contributed by atoms with Crippen molar-refractivity contribution in [3.05, 3.63) is 52.2 Å². The number of halogens is 1. The molecule has 0 spiro atoms. The van der Waals surface area contributed by atoms with Crippen LogP contribution in [-0.4, -0.2) is 22.3 Å². The zero-order valence-corrected chi connectivity index (χ0v) is 12.1. The summed E-state index contributed by atoms with van der Waals surface area (Å²) in [5.74, 6) is 0.782. The summed E-state index contributed by atoms with van der Waals surface area (Å²) in [6, 6.07) is 7.73. The van der Waals surface area contributed by atoms with Crippen molar-refractivity contribution >= 4 is 17.5 Å². The zero-order chi connectivity index (χ0) is 14.3. The Hall–Kier alpha value is -1.81. The number of nitrogens with zero attached hydrogens (tertiary/aromatic N) is 2. The normalized spacial score (nSPS) is 17.9. The standard InChI is InChI=1S/C15H15ClN2O2/c1-9-14(20-10(2)17-9)15(19)18-8-7-13(18)11-3-5-12(16)6-4-11/h3-6,13H,7-8H2,1-2H3. The minimum atomic E-state index is -0.0886. The SMILES string of the molecule is Cc1nc(C)c(C(=O)N2CCC2c2ccc(Cl)cc2)o1. The molecule has 3 rings (SSSR count). The summed E-state index contributed by atoms with van der Waals surface area (Å²) in [6.07, 6.45) is 0.958. The predicted molar refractivity (Wildman–Crippen MR) is 75.8 cm³/mol. The number of aromatic nitrogens is 1.